The third-order valence-electron chi connectivity index (χ3n) is 2.72. The van der Waals surface area contributed by atoms with Gasteiger partial charge in [0.05, 0.1) is 4.47 Å². The first-order valence-corrected chi connectivity index (χ1v) is 6.89. The van der Waals surface area contributed by atoms with Crippen molar-refractivity contribution in [3.63, 3.8) is 0 Å². The second-order valence-electron chi connectivity index (χ2n) is 3.92. The molecule has 2 heterocycles. The highest BCUT2D eigenvalue weighted by atomic mass is 79.9. The summed E-state index contributed by atoms with van der Waals surface area (Å²) in [5.41, 5.74) is 0.917. The van der Waals surface area contributed by atoms with Crippen molar-refractivity contribution in [3.05, 3.63) is 61.9 Å². The predicted molar refractivity (Wildman–Crippen MR) is 79.3 cm³/mol. The summed E-state index contributed by atoms with van der Waals surface area (Å²) in [7, 11) is 0. The van der Waals surface area contributed by atoms with Crippen molar-refractivity contribution in [1.29, 1.82) is 0 Å². The molecule has 5 heteroatoms. The Morgan fingerprint density at radius 3 is 2.67 bits per heavy atom. The average molecular weight is 368 g/mol. The van der Waals surface area contributed by atoms with Crippen LogP contribution in [0.15, 0.2) is 56.3 Å². The number of halogens is 2. The van der Waals surface area contributed by atoms with E-state index in [1.807, 2.05) is 30.3 Å². The van der Waals surface area contributed by atoms with Gasteiger partial charge in [0.15, 0.2) is 0 Å². The number of hydrogen-bond acceptors (Lipinski definition) is 1. The van der Waals surface area contributed by atoms with Gasteiger partial charge in [-0.05, 0) is 50.1 Å². The fraction of sp³-hybridized carbons (Fsp3) is 0. The zero-order chi connectivity index (χ0) is 12.7. The second kappa shape index (κ2) is 4.40. The van der Waals surface area contributed by atoms with Crippen LogP contribution in [0.2, 0.25) is 0 Å². The van der Waals surface area contributed by atoms with Crippen LogP contribution >= 0.6 is 31.9 Å². The van der Waals surface area contributed by atoms with Gasteiger partial charge in [0, 0.05) is 21.6 Å². The minimum atomic E-state index is -0.0928. The summed E-state index contributed by atoms with van der Waals surface area (Å²) >= 11 is 6.65. The molecule has 0 radical (unpaired) electrons. The largest absolute Gasteiger partial charge is 0.341 e. The van der Waals surface area contributed by atoms with Crippen LogP contribution in [0.5, 0.6) is 0 Å². The zero-order valence-electron chi connectivity index (χ0n) is 9.15. The highest BCUT2D eigenvalue weighted by Crippen LogP contribution is 2.19. The standard InChI is InChI=1S/C13H8Br2N2O/c14-9-6-10(15)13(18)17(7-9)12-5-8-3-1-2-4-11(8)16-12/h1-7,16H. The topological polar surface area (TPSA) is 37.8 Å². The molecule has 1 N–H and O–H groups in total. The molecule has 18 heavy (non-hydrogen) atoms. The van der Waals surface area contributed by atoms with Gasteiger partial charge < -0.3 is 4.98 Å². The molecule has 0 saturated carbocycles. The molecule has 2 aromatic heterocycles. The fourth-order valence-electron chi connectivity index (χ4n) is 1.88. The number of benzene rings is 1. The molecular weight excluding hydrogens is 360 g/mol. The highest BCUT2D eigenvalue weighted by molar-refractivity contribution is 9.11. The molecule has 0 bridgehead atoms. The van der Waals surface area contributed by atoms with Crippen molar-refractivity contribution < 1.29 is 0 Å². The van der Waals surface area contributed by atoms with Crippen LogP contribution in [0, 0.1) is 0 Å². The van der Waals surface area contributed by atoms with Gasteiger partial charge in [0.2, 0.25) is 0 Å². The monoisotopic (exact) mass is 366 g/mol. The van der Waals surface area contributed by atoms with Gasteiger partial charge in [0.25, 0.3) is 5.56 Å². The van der Waals surface area contributed by atoms with Crippen molar-refractivity contribution in [2.24, 2.45) is 0 Å². The lowest BCUT2D eigenvalue weighted by atomic mass is 10.2. The number of nitrogens with one attached hydrogen (secondary N) is 1. The van der Waals surface area contributed by atoms with E-state index in [4.69, 9.17) is 0 Å². The lowest BCUT2D eigenvalue weighted by Gasteiger charge is -2.04. The lowest BCUT2D eigenvalue weighted by Crippen LogP contribution is -2.18. The molecule has 1 aromatic carbocycles. The summed E-state index contributed by atoms with van der Waals surface area (Å²) in [5.74, 6) is 0.753. The van der Waals surface area contributed by atoms with E-state index in [2.05, 4.69) is 36.8 Å². The molecule has 0 amide bonds. The van der Waals surface area contributed by atoms with Gasteiger partial charge in [0.1, 0.15) is 5.82 Å². The maximum Gasteiger partial charge on any atom is 0.270 e. The third-order valence-corrected chi connectivity index (χ3v) is 3.72. The minimum absolute atomic E-state index is 0.0928. The molecule has 90 valence electrons. The van der Waals surface area contributed by atoms with Gasteiger partial charge in [-0.3, -0.25) is 9.36 Å². The Morgan fingerprint density at radius 1 is 1.11 bits per heavy atom. The molecule has 0 aliphatic heterocycles. The van der Waals surface area contributed by atoms with Crippen LogP contribution in [-0.4, -0.2) is 9.55 Å². The van der Waals surface area contributed by atoms with Gasteiger partial charge in [-0.25, -0.2) is 0 Å². The first-order chi connectivity index (χ1) is 8.65. The van der Waals surface area contributed by atoms with Crippen LogP contribution in [-0.2, 0) is 0 Å². The molecule has 3 nitrogen and oxygen atoms in total. The Hall–Kier alpha value is -1.33. The molecule has 3 rings (SSSR count). The van der Waals surface area contributed by atoms with Crippen LogP contribution in [0.4, 0.5) is 0 Å². The number of aromatic amines is 1. The van der Waals surface area contributed by atoms with Crippen molar-refractivity contribution >= 4 is 42.8 Å². The van der Waals surface area contributed by atoms with E-state index in [0.29, 0.717) is 4.47 Å². The van der Waals surface area contributed by atoms with E-state index in [1.165, 1.54) is 0 Å². The molecule has 0 atom stereocenters. The second-order valence-corrected chi connectivity index (χ2v) is 5.69. The Balaban J connectivity index is 2.29. The molecule has 0 aliphatic carbocycles. The SMILES string of the molecule is O=c1c(Br)cc(Br)cn1-c1cc2ccccc2[nH]1. The Morgan fingerprint density at radius 2 is 1.89 bits per heavy atom. The Kier molecular flexibility index (Phi) is 2.87. The normalized spacial score (nSPS) is 11.0. The molecule has 0 aliphatic rings. The zero-order valence-corrected chi connectivity index (χ0v) is 12.3. The van der Waals surface area contributed by atoms with E-state index in [-0.39, 0.29) is 5.56 Å². The maximum absolute atomic E-state index is 12.1. The van der Waals surface area contributed by atoms with Crippen LogP contribution in [0.3, 0.4) is 0 Å². The molecule has 0 saturated heterocycles. The molecule has 0 fully saturated rings. The fourth-order valence-corrected chi connectivity index (χ4v) is 3.06. The van der Waals surface area contributed by atoms with E-state index < -0.39 is 0 Å². The third kappa shape index (κ3) is 1.93. The van der Waals surface area contributed by atoms with Gasteiger partial charge in [-0.1, -0.05) is 18.2 Å². The number of nitrogens with zero attached hydrogens (tertiary/aromatic N) is 1. The van der Waals surface area contributed by atoms with E-state index in [0.717, 1.165) is 21.2 Å². The van der Waals surface area contributed by atoms with Crippen molar-refractivity contribution in [2.45, 2.75) is 0 Å². The van der Waals surface area contributed by atoms with Crippen molar-refractivity contribution in [3.8, 4) is 5.82 Å². The summed E-state index contributed by atoms with van der Waals surface area (Å²) in [6.07, 6.45) is 1.75. The average Bonchev–Trinajstić information content (AvgIpc) is 2.77. The maximum atomic E-state index is 12.1. The number of fused-ring (bicyclic) bond motifs is 1. The number of aromatic nitrogens is 2. The minimum Gasteiger partial charge on any atom is -0.341 e. The predicted octanol–water partition coefficient (Wildman–Crippen LogP) is 3.84. The summed E-state index contributed by atoms with van der Waals surface area (Å²) < 4.78 is 2.94. The quantitative estimate of drug-likeness (QED) is 0.697. The van der Waals surface area contributed by atoms with Gasteiger partial charge >= 0.3 is 0 Å². The molecule has 0 unspecified atom stereocenters. The number of rotatable bonds is 1. The summed E-state index contributed by atoms with van der Waals surface area (Å²) in [4.78, 5) is 15.3. The van der Waals surface area contributed by atoms with Crippen LogP contribution in [0.25, 0.3) is 16.7 Å². The smallest absolute Gasteiger partial charge is 0.270 e. The Bertz CT molecular complexity index is 756. The van der Waals surface area contributed by atoms with Crippen molar-refractivity contribution in [2.75, 3.05) is 0 Å². The van der Waals surface area contributed by atoms with Crippen molar-refractivity contribution in [1.82, 2.24) is 9.55 Å². The van der Waals surface area contributed by atoms with E-state index in [9.17, 15) is 4.79 Å². The molecule has 0 spiro atoms. The van der Waals surface area contributed by atoms with Gasteiger partial charge in [-0.15, -0.1) is 0 Å². The summed E-state index contributed by atoms with van der Waals surface area (Å²) in [5, 5.41) is 1.08. The summed E-state index contributed by atoms with van der Waals surface area (Å²) in [6.45, 7) is 0. The number of pyridine rings is 1. The van der Waals surface area contributed by atoms with E-state index >= 15 is 0 Å². The highest BCUT2D eigenvalue weighted by Gasteiger charge is 2.07. The van der Waals surface area contributed by atoms with Crippen LogP contribution < -0.4 is 5.56 Å². The molecular formula is C13H8Br2N2O. The first-order valence-electron chi connectivity index (χ1n) is 5.31. The van der Waals surface area contributed by atoms with E-state index in [1.54, 1.807) is 16.8 Å². The summed E-state index contributed by atoms with van der Waals surface area (Å²) in [6, 6.07) is 11.6. The molecule has 3 aromatic rings. The Labute approximate surface area is 120 Å². The number of hydrogen-bond donors (Lipinski definition) is 1. The number of H-pyrrole nitrogens is 1. The first kappa shape index (κ1) is 11.7. The number of para-hydroxylation sites is 1. The van der Waals surface area contributed by atoms with Gasteiger partial charge in [-0.2, -0.15) is 0 Å². The van der Waals surface area contributed by atoms with Crippen LogP contribution in [0.1, 0.15) is 0 Å². The lowest BCUT2D eigenvalue weighted by molar-refractivity contribution is 0.944.